The summed E-state index contributed by atoms with van der Waals surface area (Å²) in [4.78, 5) is 7.37. The molecule has 0 N–H and O–H groups in total. The molecule has 0 spiro atoms. The standard InChI is InChI=1S/C24H24N2O/c1-3-18-9-11-20(12-10-18)25-24-17-23(19-7-5-4-6-8-19)26(24)21-13-15-22(27-2)16-14-21/h3-11,13-16,20,23H,1,12,17H2,2H3/b25-24+. The molecule has 1 aliphatic carbocycles. The number of nitrogens with zero attached hydrogens (tertiary/aromatic N) is 2. The van der Waals surface area contributed by atoms with Crippen LogP contribution >= 0.6 is 0 Å². The van der Waals surface area contributed by atoms with Crippen LogP contribution in [0.25, 0.3) is 0 Å². The van der Waals surface area contributed by atoms with Gasteiger partial charge in [0.1, 0.15) is 11.6 Å². The summed E-state index contributed by atoms with van der Waals surface area (Å²) in [5, 5.41) is 0. The number of aliphatic imine (C=N–C) groups is 1. The van der Waals surface area contributed by atoms with Crippen LogP contribution in [-0.2, 0) is 0 Å². The Kier molecular flexibility index (Phi) is 4.93. The van der Waals surface area contributed by atoms with Gasteiger partial charge in [-0.25, -0.2) is 0 Å². The van der Waals surface area contributed by atoms with Gasteiger partial charge in [0.2, 0.25) is 0 Å². The zero-order valence-electron chi connectivity index (χ0n) is 15.6. The molecule has 2 aliphatic rings. The lowest BCUT2D eigenvalue weighted by atomic mass is 9.92. The van der Waals surface area contributed by atoms with E-state index in [0.717, 1.165) is 30.1 Å². The lowest BCUT2D eigenvalue weighted by Gasteiger charge is -2.44. The topological polar surface area (TPSA) is 24.8 Å². The maximum atomic E-state index is 5.31. The van der Waals surface area contributed by atoms with Crippen molar-refractivity contribution in [2.24, 2.45) is 4.99 Å². The van der Waals surface area contributed by atoms with Crippen molar-refractivity contribution >= 4 is 11.5 Å². The third kappa shape index (κ3) is 3.59. The number of allylic oxidation sites excluding steroid dienone is 3. The molecule has 0 bridgehead atoms. The van der Waals surface area contributed by atoms with Gasteiger partial charge >= 0.3 is 0 Å². The minimum atomic E-state index is 0.196. The highest BCUT2D eigenvalue weighted by atomic mass is 16.5. The highest BCUT2D eigenvalue weighted by Crippen LogP contribution is 2.40. The van der Waals surface area contributed by atoms with E-state index in [1.165, 1.54) is 11.1 Å². The van der Waals surface area contributed by atoms with Crippen LogP contribution in [0.4, 0.5) is 5.69 Å². The van der Waals surface area contributed by atoms with Crippen molar-refractivity contribution in [1.29, 1.82) is 0 Å². The van der Waals surface area contributed by atoms with E-state index in [2.05, 4.69) is 72.2 Å². The third-order valence-corrected chi connectivity index (χ3v) is 5.16. The van der Waals surface area contributed by atoms with E-state index >= 15 is 0 Å². The van der Waals surface area contributed by atoms with Crippen molar-refractivity contribution in [1.82, 2.24) is 0 Å². The Morgan fingerprint density at radius 3 is 2.52 bits per heavy atom. The van der Waals surface area contributed by atoms with Crippen LogP contribution in [0.2, 0.25) is 0 Å². The van der Waals surface area contributed by atoms with Crippen LogP contribution in [-0.4, -0.2) is 19.0 Å². The van der Waals surface area contributed by atoms with Crippen LogP contribution in [0.5, 0.6) is 5.75 Å². The summed E-state index contributed by atoms with van der Waals surface area (Å²) in [6.07, 6.45) is 10.2. The molecule has 1 fully saturated rings. The molecular formula is C24H24N2O. The van der Waals surface area contributed by atoms with Gasteiger partial charge in [-0.2, -0.15) is 0 Å². The molecule has 1 saturated heterocycles. The smallest absolute Gasteiger partial charge is 0.119 e. The van der Waals surface area contributed by atoms with Crippen molar-refractivity contribution in [3.8, 4) is 5.75 Å². The van der Waals surface area contributed by atoms with Gasteiger partial charge < -0.3 is 9.64 Å². The van der Waals surface area contributed by atoms with Gasteiger partial charge in [0.15, 0.2) is 0 Å². The van der Waals surface area contributed by atoms with E-state index in [1.54, 1.807) is 7.11 Å². The lowest BCUT2D eigenvalue weighted by molar-refractivity contribution is 0.415. The molecule has 136 valence electrons. The van der Waals surface area contributed by atoms with Crippen LogP contribution < -0.4 is 9.64 Å². The number of ether oxygens (including phenoxy) is 1. The van der Waals surface area contributed by atoms with E-state index < -0.39 is 0 Å². The molecule has 1 aliphatic heterocycles. The lowest BCUT2D eigenvalue weighted by Crippen LogP contribution is -2.47. The normalized spacial score (nSPS) is 22.9. The molecular weight excluding hydrogens is 332 g/mol. The molecule has 3 heteroatoms. The third-order valence-electron chi connectivity index (χ3n) is 5.16. The van der Waals surface area contributed by atoms with Crippen LogP contribution in [0.15, 0.2) is 96.0 Å². The highest BCUT2D eigenvalue weighted by molar-refractivity contribution is 6.05. The second-order valence-corrected chi connectivity index (χ2v) is 6.81. The Balaban J connectivity index is 1.61. The van der Waals surface area contributed by atoms with Gasteiger partial charge in [-0.3, -0.25) is 4.99 Å². The SMILES string of the molecule is C=CC1=CCC(/N=C2\CC(c3ccccc3)N2c2ccc(OC)cc2)C=C1. The number of hydrogen-bond acceptors (Lipinski definition) is 2. The predicted octanol–water partition coefficient (Wildman–Crippen LogP) is 5.49. The van der Waals surface area contributed by atoms with E-state index in [0.29, 0.717) is 6.04 Å². The second-order valence-electron chi connectivity index (χ2n) is 6.81. The number of hydrogen-bond donors (Lipinski definition) is 0. The summed E-state index contributed by atoms with van der Waals surface area (Å²) >= 11 is 0. The van der Waals surface area contributed by atoms with Gasteiger partial charge in [0, 0.05) is 12.1 Å². The van der Waals surface area contributed by atoms with Gasteiger partial charge in [-0.1, -0.05) is 61.2 Å². The first-order valence-electron chi connectivity index (χ1n) is 9.34. The molecule has 3 nitrogen and oxygen atoms in total. The fourth-order valence-corrected chi connectivity index (χ4v) is 3.62. The molecule has 4 rings (SSSR count). The Morgan fingerprint density at radius 2 is 1.89 bits per heavy atom. The average molecular weight is 356 g/mol. The molecule has 0 saturated carbocycles. The number of amidine groups is 1. The molecule has 2 aromatic carbocycles. The zero-order valence-corrected chi connectivity index (χ0v) is 15.6. The van der Waals surface area contributed by atoms with Gasteiger partial charge in [0.25, 0.3) is 0 Å². The van der Waals surface area contributed by atoms with E-state index in [4.69, 9.17) is 9.73 Å². The maximum Gasteiger partial charge on any atom is 0.119 e. The minimum absolute atomic E-state index is 0.196. The van der Waals surface area contributed by atoms with E-state index in [1.807, 2.05) is 18.2 Å². The summed E-state index contributed by atoms with van der Waals surface area (Å²) in [6, 6.07) is 19.4. The summed E-state index contributed by atoms with van der Waals surface area (Å²) in [5.41, 5.74) is 3.64. The molecule has 2 atom stereocenters. The molecule has 27 heavy (non-hydrogen) atoms. The Labute approximate surface area is 161 Å². The average Bonchev–Trinajstić information content (AvgIpc) is 2.72. The molecule has 2 aromatic rings. The quantitative estimate of drug-likeness (QED) is 0.708. The summed E-state index contributed by atoms with van der Waals surface area (Å²) in [5.74, 6) is 2.01. The van der Waals surface area contributed by atoms with Crippen LogP contribution in [0.1, 0.15) is 24.4 Å². The Morgan fingerprint density at radius 1 is 1.11 bits per heavy atom. The van der Waals surface area contributed by atoms with Crippen LogP contribution in [0, 0.1) is 0 Å². The van der Waals surface area contributed by atoms with Gasteiger partial charge in [0.05, 0.1) is 19.2 Å². The summed E-state index contributed by atoms with van der Waals surface area (Å²) in [7, 11) is 1.69. The first-order valence-corrected chi connectivity index (χ1v) is 9.34. The van der Waals surface area contributed by atoms with Crippen molar-refractivity contribution in [2.75, 3.05) is 12.0 Å². The predicted molar refractivity (Wildman–Crippen MR) is 113 cm³/mol. The summed E-state index contributed by atoms with van der Waals surface area (Å²) < 4.78 is 5.31. The fraction of sp³-hybridized carbons (Fsp3) is 0.208. The van der Waals surface area contributed by atoms with Crippen molar-refractivity contribution in [2.45, 2.75) is 24.9 Å². The molecule has 0 amide bonds. The maximum absolute atomic E-state index is 5.31. The number of benzene rings is 2. The van der Waals surface area contributed by atoms with E-state index in [-0.39, 0.29) is 6.04 Å². The highest BCUT2D eigenvalue weighted by Gasteiger charge is 2.36. The van der Waals surface area contributed by atoms with Gasteiger partial charge in [-0.05, 0) is 41.8 Å². The number of methoxy groups -OCH3 is 1. The molecule has 2 unspecified atom stereocenters. The summed E-state index contributed by atoms with van der Waals surface area (Å²) in [6.45, 7) is 3.83. The Hall–Kier alpha value is -3.07. The Bertz CT molecular complexity index is 894. The van der Waals surface area contributed by atoms with Crippen molar-refractivity contribution in [3.63, 3.8) is 0 Å². The molecule has 0 aromatic heterocycles. The first-order chi connectivity index (χ1) is 13.3. The van der Waals surface area contributed by atoms with Crippen LogP contribution in [0.3, 0.4) is 0 Å². The molecule has 0 radical (unpaired) electrons. The minimum Gasteiger partial charge on any atom is -0.497 e. The van der Waals surface area contributed by atoms with E-state index in [9.17, 15) is 0 Å². The number of rotatable bonds is 5. The molecule has 1 heterocycles. The fourth-order valence-electron chi connectivity index (χ4n) is 3.62. The largest absolute Gasteiger partial charge is 0.497 e. The monoisotopic (exact) mass is 356 g/mol. The van der Waals surface area contributed by atoms with Gasteiger partial charge in [-0.15, -0.1) is 0 Å². The number of anilines is 1. The van der Waals surface area contributed by atoms with Crippen molar-refractivity contribution < 1.29 is 4.74 Å². The zero-order chi connectivity index (χ0) is 18.6. The van der Waals surface area contributed by atoms with Crippen molar-refractivity contribution in [3.05, 3.63) is 96.6 Å². The second kappa shape index (κ2) is 7.67. The first kappa shape index (κ1) is 17.3.